The van der Waals surface area contributed by atoms with Crippen LogP contribution in [0.15, 0.2) is 18.5 Å². The number of pyridine rings is 1. The third-order valence-corrected chi connectivity index (χ3v) is 2.69. The summed E-state index contributed by atoms with van der Waals surface area (Å²) in [5.41, 5.74) is 0.656. The van der Waals surface area contributed by atoms with Gasteiger partial charge in [-0.1, -0.05) is 0 Å². The van der Waals surface area contributed by atoms with Crippen LogP contribution in [-0.4, -0.2) is 44.2 Å². The van der Waals surface area contributed by atoms with E-state index in [-0.39, 0.29) is 6.61 Å². The van der Waals surface area contributed by atoms with Gasteiger partial charge in [0, 0.05) is 6.20 Å². The van der Waals surface area contributed by atoms with Gasteiger partial charge < -0.3 is 14.8 Å². The Morgan fingerprint density at radius 1 is 1.33 bits per heavy atom. The number of ether oxygens (including phenoxy) is 2. The van der Waals surface area contributed by atoms with Crippen molar-refractivity contribution < 1.29 is 27.0 Å². The lowest BCUT2D eigenvalue weighted by molar-refractivity contribution is -0.167. The summed E-state index contributed by atoms with van der Waals surface area (Å²) >= 11 is 0. The first-order valence-electron chi connectivity index (χ1n) is 6.39. The van der Waals surface area contributed by atoms with Crippen molar-refractivity contribution in [3.63, 3.8) is 0 Å². The molecule has 0 saturated carbocycles. The maximum absolute atomic E-state index is 12.7. The minimum absolute atomic E-state index is 0.184. The number of rotatable bonds is 9. The van der Waals surface area contributed by atoms with Crippen LogP contribution in [0.3, 0.4) is 0 Å². The first-order chi connectivity index (χ1) is 9.90. The van der Waals surface area contributed by atoms with E-state index in [0.717, 1.165) is 0 Å². The van der Waals surface area contributed by atoms with Crippen molar-refractivity contribution >= 4 is 0 Å². The Balaban J connectivity index is 2.61. The van der Waals surface area contributed by atoms with Crippen LogP contribution in [0, 0.1) is 0 Å². The van der Waals surface area contributed by atoms with Gasteiger partial charge in [-0.25, -0.2) is 8.78 Å². The summed E-state index contributed by atoms with van der Waals surface area (Å²) in [6.45, 7) is 0.766. The molecule has 21 heavy (non-hydrogen) atoms. The molecule has 1 aromatic rings. The van der Waals surface area contributed by atoms with Crippen LogP contribution >= 0.6 is 0 Å². The third kappa shape index (κ3) is 5.47. The van der Waals surface area contributed by atoms with Gasteiger partial charge in [-0.15, -0.1) is 0 Å². The first-order valence-corrected chi connectivity index (χ1v) is 6.39. The van der Waals surface area contributed by atoms with Gasteiger partial charge in [0.2, 0.25) is 0 Å². The van der Waals surface area contributed by atoms with E-state index in [2.05, 4.69) is 10.3 Å². The zero-order chi connectivity index (χ0) is 15.9. The molecule has 0 bridgehead atoms. The van der Waals surface area contributed by atoms with Crippen molar-refractivity contribution in [2.75, 3.05) is 26.9 Å². The van der Waals surface area contributed by atoms with Gasteiger partial charge >= 0.3 is 12.3 Å². The van der Waals surface area contributed by atoms with E-state index in [4.69, 9.17) is 9.47 Å². The van der Waals surface area contributed by atoms with Crippen molar-refractivity contribution in [1.82, 2.24) is 10.3 Å². The van der Waals surface area contributed by atoms with Crippen molar-refractivity contribution in [2.24, 2.45) is 0 Å². The molecule has 0 fully saturated rings. The van der Waals surface area contributed by atoms with Gasteiger partial charge in [-0.3, -0.25) is 4.98 Å². The molecule has 0 aliphatic heterocycles. The summed E-state index contributed by atoms with van der Waals surface area (Å²) in [6, 6.07) is 1.23. The molecular formula is C13H18F4N2O2. The van der Waals surface area contributed by atoms with Gasteiger partial charge in [0.15, 0.2) is 0 Å². The number of likely N-dealkylation sites (N-methyl/N-ethyl adjacent to an activating group) is 1. The molecule has 0 aliphatic carbocycles. The standard InChI is InChI=1S/C13H18F4N2O2/c1-3-21-10-4-9(5-19-6-10)11(18-2)7-20-8-13(16,17)12(14)15/h4-6,11-12,18H,3,7-8H2,1-2H3. The molecule has 1 rings (SSSR count). The van der Waals surface area contributed by atoms with Crippen molar-refractivity contribution in [1.29, 1.82) is 0 Å². The first kappa shape index (κ1) is 17.6. The summed E-state index contributed by atoms with van der Waals surface area (Å²) in [5.74, 6) is -3.61. The number of alkyl halides is 4. The summed E-state index contributed by atoms with van der Waals surface area (Å²) < 4.78 is 59.5. The minimum atomic E-state index is -4.15. The molecule has 1 unspecified atom stereocenters. The Morgan fingerprint density at radius 2 is 2.05 bits per heavy atom. The van der Waals surface area contributed by atoms with Crippen molar-refractivity contribution in [3.8, 4) is 5.75 Å². The molecule has 1 N–H and O–H groups in total. The Labute approximate surface area is 120 Å². The quantitative estimate of drug-likeness (QED) is 0.712. The van der Waals surface area contributed by atoms with E-state index in [9.17, 15) is 17.6 Å². The van der Waals surface area contributed by atoms with Crippen LogP contribution in [-0.2, 0) is 4.74 Å². The monoisotopic (exact) mass is 310 g/mol. The molecule has 1 heterocycles. The molecule has 0 aromatic carbocycles. The second-order valence-corrected chi connectivity index (χ2v) is 4.31. The Kier molecular flexibility index (Phi) is 6.83. The van der Waals surface area contributed by atoms with E-state index < -0.39 is 25.0 Å². The summed E-state index contributed by atoms with van der Waals surface area (Å²) in [4.78, 5) is 3.97. The lowest BCUT2D eigenvalue weighted by atomic mass is 10.1. The topological polar surface area (TPSA) is 43.4 Å². The number of hydrogen-bond acceptors (Lipinski definition) is 4. The molecule has 0 amide bonds. The third-order valence-electron chi connectivity index (χ3n) is 2.69. The van der Waals surface area contributed by atoms with Crippen molar-refractivity contribution in [2.45, 2.75) is 25.3 Å². The second kappa shape index (κ2) is 8.14. The summed E-state index contributed by atoms with van der Waals surface area (Å²) in [5, 5.41) is 2.85. The van der Waals surface area contributed by atoms with E-state index in [0.29, 0.717) is 17.9 Å². The number of nitrogens with zero attached hydrogens (tertiary/aromatic N) is 1. The van der Waals surface area contributed by atoms with E-state index >= 15 is 0 Å². The largest absolute Gasteiger partial charge is 0.492 e. The maximum atomic E-state index is 12.7. The fourth-order valence-corrected chi connectivity index (χ4v) is 1.59. The predicted molar refractivity (Wildman–Crippen MR) is 69.0 cm³/mol. The maximum Gasteiger partial charge on any atom is 0.330 e. The Morgan fingerprint density at radius 3 is 2.62 bits per heavy atom. The Hall–Kier alpha value is -1.41. The zero-order valence-corrected chi connectivity index (χ0v) is 11.8. The number of hydrogen-bond donors (Lipinski definition) is 1. The molecule has 0 radical (unpaired) electrons. The highest BCUT2D eigenvalue weighted by molar-refractivity contribution is 5.26. The number of nitrogens with one attached hydrogen (secondary N) is 1. The predicted octanol–water partition coefficient (Wildman–Crippen LogP) is 2.66. The van der Waals surface area contributed by atoms with Crippen LogP contribution < -0.4 is 10.1 Å². The van der Waals surface area contributed by atoms with Gasteiger partial charge in [-0.2, -0.15) is 8.78 Å². The SMILES string of the molecule is CCOc1cncc(C(COCC(F)(F)C(F)F)NC)c1. The van der Waals surface area contributed by atoms with Crippen LogP contribution in [0.2, 0.25) is 0 Å². The van der Waals surface area contributed by atoms with Crippen LogP contribution in [0.5, 0.6) is 5.75 Å². The van der Waals surface area contributed by atoms with E-state index in [1.807, 2.05) is 6.92 Å². The van der Waals surface area contributed by atoms with Gasteiger partial charge in [0.25, 0.3) is 0 Å². The molecule has 1 atom stereocenters. The summed E-state index contributed by atoms with van der Waals surface area (Å²) in [7, 11) is 1.60. The highest BCUT2D eigenvalue weighted by Gasteiger charge is 2.41. The molecule has 0 saturated heterocycles. The van der Waals surface area contributed by atoms with Gasteiger partial charge in [-0.05, 0) is 25.6 Å². The highest BCUT2D eigenvalue weighted by Crippen LogP contribution is 2.24. The van der Waals surface area contributed by atoms with E-state index in [1.165, 1.54) is 12.4 Å². The van der Waals surface area contributed by atoms with Crippen LogP contribution in [0.1, 0.15) is 18.5 Å². The van der Waals surface area contributed by atoms with Crippen LogP contribution in [0.25, 0.3) is 0 Å². The normalized spacial score (nSPS) is 13.5. The summed E-state index contributed by atoms with van der Waals surface area (Å²) in [6.07, 6.45) is -0.697. The van der Waals surface area contributed by atoms with Gasteiger partial charge in [0.1, 0.15) is 12.4 Å². The number of halogens is 4. The molecule has 0 spiro atoms. The molecule has 4 nitrogen and oxygen atoms in total. The number of aromatic nitrogens is 1. The van der Waals surface area contributed by atoms with Gasteiger partial charge in [0.05, 0.1) is 25.5 Å². The molecule has 8 heteroatoms. The van der Waals surface area contributed by atoms with E-state index in [1.54, 1.807) is 13.1 Å². The molecular weight excluding hydrogens is 292 g/mol. The average Bonchev–Trinajstić information content (AvgIpc) is 2.44. The zero-order valence-electron chi connectivity index (χ0n) is 11.8. The fourth-order valence-electron chi connectivity index (χ4n) is 1.59. The highest BCUT2D eigenvalue weighted by atomic mass is 19.3. The van der Waals surface area contributed by atoms with Crippen LogP contribution in [0.4, 0.5) is 17.6 Å². The smallest absolute Gasteiger partial charge is 0.330 e. The van der Waals surface area contributed by atoms with Crippen molar-refractivity contribution in [3.05, 3.63) is 24.0 Å². The Bertz CT molecular complexity index is 432. The second-order valence-electron chi connectivity index (χ2n) is 4.31. The average molecular weight is 310 g/mol. The molecule has 1 aromatic heterocycles. The lowest BCUT2D eigenvalue weighted by Crippen LogP contribution is -2.34. The lowest BCUT2D eigenvalue weighted by Gasteiger charge is -2.20. The molecule has 0 aliphatic rings. The minimum Gasteiger partial charge on any atom is -0.492 e. The molecule has 120 valence electrons. The fraction of sp³-hybridized carbons (Fsp3) is 0.615.